The number of non-ortho nitro benzene ring substituents is 1. The van der Waals surface area contributed by atoms with Crippen molar-refractivity contribution in [3.63, 3.8) is 0 Å². The number of nitro benzene ring substituents is 1. The van der Waals surface area contributed by atoms with Crippen LogP contribution in [0.25, 0.3) is 0 Å². The van der Waals surface area contributed by atoms with Crippen LogP contribution in [0.1, 0.15) is 51.9 Å². The number of carbonyl (C=O) groups excluding carboxylic acids is 2. The summed E-state index contributed by atoms with van der Waals surface area (Å²) < 4.78 is 12.0. The van der Waals surface area contributed by atoms with Gasteiger partial charge >= 0.3 is 5.97 Å². The molecule has 0 radical (unpaired) electrons. The van der Waals surface area contributed by atoms with Gasteiger partial charge in [0.05, 0.1) is 22.6 Å². The molecule has 0 unspecified atom stereocenters. The summed E-state index contributed by atoms with van der Waals surface area (Å²) in [6.07, 6.45) is 0.805. The number of benzene rings is 1. The van der Waals surface area contributed by atoms with Gasteiger partial charge in [0.1, 0.15) is 11.8 Å². The van der Waals surface area contributed by atoms with Gasteiger partial charge < -0.3 is 14.4 Å². The summed E-state index contributed by atoms with van der Waals surface area (Å²) in [6, 6.07) is 5.07. The molecule has 0 spiro atoms. The summed E-state index contributed by atoms with van der Waals surface area (Å²) >= 11 is 0. The lowest BCUT2D eigenvalue weighted by Gasteiger charge is -2.33. The van der Waals surface area contributed by atoms with E-state index in [1.807, 2.05) is 34.6 Å². The maximum absolute atomic E-state index is 12.7. The van der Waals surface area contributed by atoms with Crippen molar-refractivity contribution in [3.8, 4) is 0 Å². The van der Waals surface area contributed by atoms with Gasteiger partial charge in [0.15, 0.2) is 0 Å². The highest BCUT2D eigenvalue weighted by Crippen LogP contribution is 2.38. The number of hydrogen-bond acceptors (Lipinski definition) is 6. The predicted molar refractivity (Wildman–Crippen MR) is 112 cm³/mol. The van der Waals surface area contributed by atoms with E-state index in [4.69, 9.17) is 9.47 Å². The molecule has 5 atom stereocenters. The first-order valence-corrected chi connectivity index (χ1v) is 9.96. The SMILES string of the molecule is C=C[C@H](C)[C@H](OC(=O)c1ccc([N+](=O)[O-])cc1)[C@@H](C)[C@H]1OC(C)(C)N(C(C)=O)[C@@H]1C. The summed E-state index contributed by atoms with van der Waals surface area (Å²) in [7, 11) is 0. The smallest absolute Gasteiger partial charge is 0.338 e. The van der Waals surface area contributed by atoms with E-state index in [0.29, 0.717) is 0 Å². The molecule has 30 heavy (non-hydrogen) atoms. The van der Waals surface area contributed by atoms with Gasteiger partial charge in [-0.15, -0.1) is 6.58 Å². The molecule has 1 amide bonds. The summed E-state index contributed by atoms with van der Waals surface area (Å²) in [5.74, 6) is -1.08. The zero-order valence-electron chi connectivity index (χ0n) is 18.3. The van der Waals surface area contributed by atoms with E-state index >= 15 is 0 Å². The van der Waals surface area contributed by atoms with Crippen molar-refractivity contribution in [1.82, 2.24) is 4.90 Å². The van der Waals surface area contributed by atoms with Crippen molar-refractivity contribution in [2.45, 2.75) is 65.5 Å². The lowest BCUT2D eigenvalue weighted by molar-refractivity contribution is -0.384. The van der Waals surface area contributed by atoms with Crippen LogP contribution in [0.4, 0.5) is 5.69 Å². The normalized spacial score (nSPS) is 23.3. The Labute approximate surface area is 177 Å². The van der Waals surface area contributed by atoms with Crippen molar-refractivity contribution in [3.05, 3.63) is 52.6 Å². The van der Waals surface area contributed by atoms with Crippen LogP contribution in [0.3, 0.4) is 0 Å². The Kier molecular flexibility index (Phi) is 7.02. The minimum Gasteiger partial charge on any atom is -0.458 e. The molecule has 1 saturated heterocycles. The monoisotopic (exact) mass is 418 g/mol. The molecule has 8 heteroatoms. The average Bonchev–Trinajstić information content (AvgIpc) is 2.93. The highest BCUT2D eigenvalue weighted by Gasteiger charge is 2.50. The highest BCUT2D eigenvalue weighted by atomic mass is 16.6. The molecule has 0 N–H and O–H groups in total. The molecule has 0 saturated carbocycles. The molecule has 0 aromatic heterocycles. The lowest BCUT2D eigenvalue weighted by Crippen LogP contribution is -2.47. The third kappa shape index (κ3) is 4.70. The number of hydrogen-bond donors (Lipinski definition) is 0. The van der Waals surface area contributed by atoms with Gasteiger partial charge in [-0.3, -0.25) is 14.9 Å². The fourth-order valence-corrected chi connectivity index (χ4v) is 4.26. The van der Waals surface area contributed by atoms with Gasteiger partial charge in [-0.2, -0.15) is 0 Å². The van der Waals surface area contributed by atoms with Crippen molar-refractivity contribution >= 4 is 17.6 Å². The number of nitrogens with zero attached hydrogens (tertiary/aromatic N) is 2. The predicted octanol–water partition coefficient (Wildman–Crippen LogP) is 3.95. The summed E-state index contributed by atoms with van der Waals surface area (Å²) in [5.41, 5.74) is -0.648. The molecule has 1 aromatic carbocycles. The minimum absolute atomic E-state index is 0.0848. The number of esters is 1. The van der Waals surface area contributed by atoms with Crippen molar-refractivity contribution in [1.29, 1.82) is 0 Å². The fraction of sp³-hybridized carbons (Fsp3) is 0.545. The maximum atomic E-state index is 12.7. The van der Waals surface area contributed by atoms with Crippen molar-refractivity contribution < 1.29 is 24.0 Å². The lowest BCUT2D eigenvalue weighted by atomic mass is 9.86. The average molecular weight is 418 g/mol. The molecular weight excluding hydrogens is 388 g/mol. The second-order valence-electron chi connectivity index (χ2n) is 8.29. The molecule has 0 bridgehead atoms. The summed E-state index contributed by atoms with van der Waals surface area (Å²) in [6.45, 7) is 14.7. The molecule has 0 aliphatic carbocycles. The third-order valence-electron chi connectivity index (χ3n) is 5.71. The molecule has 164 valence electrons. The topological polar surface area (TPSA) is 99.0 Å². The molecule has 8 nitrogen and oxygen atoms in total. The zero-order valence-corrected chi connectivity index (χ0v) is 18.3. The minimum atomic E-state index is -0.769. The first kappa shape index (κ1) is 23.5. The number of rotatable bonds is 7. The van der Waals surface area contributed by atoms with Crippen LogP contribution in [-0.4, -0.2) is 45.7 Å². The Balaban J connectivity index is 2.25. The summed E-state index contributed by atoms with van der Waals surface area (Å²) in [4.78, 5) is 36.8. The maximum Gasteiger partial charge on any atom is 0.338 e. The van der Waals surface area contributed by atoms with E-state index in [-0.39, 0.29) is 41.1 Å². The van der Waals surface area contributed by atoms with Gasteiger partial charge in [0.25, 0.3) is 5.69 Å². The Morgan fingerprint density at radius 1 is 1.30 bits per heavy atom. The van der Waals surface area contributed by atoms with Gasteiger partial charge in [-0.1, -0.05) is 19.9 Å². The molecular formula is C22H30N2O6. The van der Waals surface area contributed by atoms with Gasteiger partial charge in [0.2, 0.25) is 5.91 Å². The van der Waals surface area contributed by atoms with Crippen LogP contribution < -0.4 is 0 Å². The second kappa shape index (κ2) is 8.95. The van der Waals surface area contributed by atoms with Crippen LogP contribution in [0.5, 0.6) is 0 Å². The Hall–Kier alpha value is -2.74. The first-order chi connectivity index (χ1) is 13.9. The number of nitro groups is 1. The fourth-order valence-electron chi connectivity index (χ4n) is 4.26. The number of carbonyl (C=O) groups is 2. The van der Waals surface area contributed by atoms with Crippen molar-refractivity contribution in [2.75, 3.05) is 0 Å². The van der Waals surface area contributed by atoms with Crippen LogP contribution in [-0.2, 0) is 14.3 Å². The summed E-state index contributed by atoms with van der Waals surface area (Å²) in [5, 5.41) is 10.8. The zero-order chi connectivity index (χ0) is 22.8. The largest absolute Gasteiger partial charge is 0.458 e. The first-order valence-electron chi connectivity index (χ1n) is 9.96. The molecule has 1 fully saturated rings. The Morgan fingerprint density at radius 3 is 2.30 bits per heavy atom. The van der Waals surface area contributed by atoms with Crippen LogP contribution >= 0.6 is 0 Å². The quantitative estimate of drug-likeness (QED) is 0.288. The van der Waals surface area contributed by atoms with Crippen LogP contribution in [0.15, 0.2) is 36.9 Å². The molecule has 1 heterocycles. The van der Waals surface area contributed by atoms with Gasteiger partial charge in [0, 0.05) is 30.9 Å². The molecule has 1 aliphatic rings. The van der Waals surface area contributed by atoms with E-state index in [2.05, 4.69) is 6.58 Å². The second-order valence-corrected chi connectivity index (χ2v) is 8.29. The van der Waals surface area contributed by atoms with Crippen molar-refractivity contribution in [2.24, 2.45) is 11.8 Å². The van der Waals surface area contributed by atoms with E-state index in [9.17, 15) is 19.7 Å². The van der Waals surface area contributed by atoms with Crippen LogP contribution in [0, 0.1) is 22.0 Å². The van der Waals surface area contributed by atoms with E-state index in [1.54, 1.807) is 11.0 Å². The third-order valence-corrected chi connectivity index (χ3v) is 5.71. The highest BCUT2D eigenvalue weighted by molar-refractivity contribution is 5.89. The van der Waals surface area contributed by atoms with Crippen LogP contribution in [0.2, 0.25) is 0 Å². The van der Waals surface area contributed by atoms with E-state index in [0.717, 1.165) is 0 Å². The molecule has 1 aromatic rings. The standard InChI is InChI=1S/C22H30N2O6/c1-8-13(2)19(29-21(26)17-9-11-18(12-10-17)24(27)28)14(3)20-15(4)23(16(5)25)22(6,7)30-20/h8-15,19-20H,1H2,2-7H3/t13-,14+,15+,19-,20+/m0/s1. The van der Waals surface area contributed by atoms with E-state index in [1.165, 1.54) is 31.2 Å². The van der Waals surface area contributed by atoms with Gasteiger partial charge in [-0.25, -0.2) is 4.79 Å². The molecule has 2 rings (SSSR count). The number of amides is 1. The Bertz CT molecular complexity index is 819. The van der Waals surface area contributed by atoms with Gasteiger partial charge in [-0.05, 0) is 32.9 Å². The molecule has 1 aliphatic heterocycles. The van der Waals surface area contributed by atoms with E-state index < -0.39 is 22.7 Å². The Morgan fingerprint density at radius 2 is 1.87 bits per heavy atom. The number of ether oxygens (including phenoxy) is 2.